The number of rotatable bonds is 3. The number of hydrogen-bond donors (Lipinski definition) is 2. The average Bonchev–Trinajstić information content (AvgIpc) is 3.19. The molecule has 6 nitrogen and oxygen atoms in total. The van der Waals surface area contributed by atoms with Crippen molar-refractivity contribution >= 4 is 53.1 Å². The summed E-state index contributed by atoms with van der Waals surface area (Å²) >= 11 is 1.39. The van der Waals surface area contributed by atoms with Gasteiger partial charge in [-0.05, 0) is 25.8 Å². The van der Waals surface area contributed by atoms with Crippen LogP contribution in [0, 0.1) is 5.92 Å². The summed E-state index contributed by atoms with van der Waals surface area (Å²) in [6, 6.07) is -0.341. The first-order valence-electron chi connectivity index (χ1n) is 6.97. The molecule has 2 fully saturated rings. The normalized spacial score (nSPS) is 23.5. The van der Waals surface area contributed by atoms with Crippen molar-refractivity contribution in [3.05, 3.63) is 11.6 Å². The van der Waals surface area contributed by atoms with Crippen molar-refractivity contribution in [2.45, 2.75) is 25.3 Å². The van der Waals surface area contributed by atoms with Crippen LogP contribution < -0.4 is 10.6 Å². The average molecular weight is 367 g/mol. The van der Waals surface area contributed by atoms with Crippen molar-refractivity contribution in [3.8, 4) is 0 Å². The number of carbonyl (C=O) groups excluding carboxylic acids is 2. The number of carbonyl (C=O) groups is 2. The lowest BCUT2D eigenvalue weighted by Gasteiger charge is -2.26. The molecule has 2 aliphatic heterocycles. The highest BCUT2D eigenvalue weighted by Crippen LogP contribution is 2.23. The van der Waals surface area contributed by atoms with E-state index in [4.69, 9.17) is 0 Å². The molecular formula is C13H20Cl2N4O2S. The molecule has 0 bridgehead atoms. The molecule has 2 N–H and O–H groups in total. The molecule has 0 saturated carbocycles. The van der Waals surface area contributed by atoms with Crippen LogP contribution in [-0.2, 0) is 9.59 Å². The predicted molar refractivity (Wildman–Crippen MR) is 91.0 cm³/mol. The highest BCUT2D eigenvalue weighted by Gasteiger charge is 2.37. The van der Waals surface area contributed by atoms with Gasteiger partial charge >= 0.3 is 0 Å². The van der Waals surface area contributed by atoms with Crippen LogP contribution >= 0.6 is 36.2 Å². The minimum atomic E-state index is -0.341. The number of nitrogens with one attached hydrogen (secondary N) is 2. The van der Waals surface area contributed by atoms with Crippen molar-refractivity contribution in [1.29, 1.82) is 0 Å². The lowest BCUT2D eigenvalue weighted by molar-refractivity contribution is -0.139. The van der Waals surface area contributed by atoms with Crippen LogP contribution in [0.1, 0.15) is 19.3 Å². The van der Waals surface area contributed by atoms with Gasteiger partial charge in [0.15, 0.2) is 5.13 Å². The van der Waals surface area contributed by atoms with E-state index in [1.165, 1.54) is 11.3 Å². The monoisotopic (exact) mass is 366 g/mol. The largest absolute Gasteiger partial charge is 0.330 e. The third-order valence-corrected chi connectivity index (χ3v) is 4.60. The maximum absolute atomic E-state index is 12.5. The number of aromatic nitrogens is 1. The molecule has 0 aromatic carbocycles. The first kappa shape index (κ1) is 19.2. The summed E-state index contributed by atoms with van der Waals surface area (Å²) in [4.78, 5) is 30.5. The molecule has 2 aliphatic rings. The number of amides is 2. The molecule has 3 rings (SSSR count). The number of anilines is 1. The van der Waals surface area contributed by atoms with Crippen molar-refractivity contribution < 1.29 is 9.59 Å². The minimum Gasteiger partial charge on any atom is -0.330 e. The summed E-state index contributed by atoms with van der Waals surface area (Å²) in [7, 11) is 0. The van der Waals surface area contributed by atoms with E-state index >= 15 is 0 Å². The van der Waals surface area contributed by atoms with E-state index < -0.39 is 0 Å². The standard InChI is InChI=1S/C13H18N4O2S.2ClH/c18-11(16-13-15-5-7-20-13)10-2-1-6-17(10)12(19)9-3-4-14-8-9;;/h5,7,9-10,14H,1-4,6,8H2,(H,15,16,18);2*1H. The second-order valence-electron chi connectivity index (χ2n) is 5.21. The Balaban J connectivity index is 0.00000121. The molecule has 0 aliphatic carbocycles. The molecule has 2 atom stereocenters. The number of halogens is 2. The van der Waals surface area contributed by atoms with Crippen LogP contribution in [0.25, 0.3) is 0 Å². The van der Waals surface area contributed by atoms with Gasteiger partial charge < -0.3 is 15.5 Å². The Hall–Kier alpha value is -0.890. The molecule has 2 saturated heterocycles. The van der Waals surface area contributed by atoms with Gasteiger partial charge in [-0.1, -0.05) is 0 Å². The molecule has 9 heteroatoms. The summed E-state index contributed by atoms with van der Waals surface area (Å²) < 4.78 is 0. The Morgan fingerprint density at radius 3 is 2.82 bits per heavy atom. The fraction of sp³-hybridized carbons (Fsp3) is 0.615. The zero-order chi connectivity index (χ0) is 13.9. The maximum Gasteiger partial charge on any atom is 0.248 e. The molecule has 1 aromatic heterocycles. The number of hydrogen-bond acceptors (Lipinski definition) is 5. The van der Waals surface area contributed by atoms with Gasteiger partial charge in [-0.25, -0.2) is 4.98 Å². The molecule has 2 unspecified atom stereocenters. The van der Waals surface area contributed by atoms with E-state index in [2.05, 4.69) is 15.6 Å². The summed E-state index contributed by atoms with van der Waals surface area (Å²) in [5, 5.41) is 8.41. The third kappa shape index (κ3) is 4.10. The molecule has 0 radical (unpaired) electrons. The molecule has 0 spiro atoms. The van der Waals surface area contributed by atoms with E-state index in [-0.39, 0.29) is 48.6 Å². The van der Waals surface area contributed by atoms with Crippen LogP contribution in [0.5, 0.6) is 0 Å². The third-order valence-electron chi connectivity index (χ3n) is 3.91. The SMILES string of the molecule is Cl.Cl.O=C(Nc1nccs1)C1CCCN1C(=O)C1CCNC1. The number of nitrogens with zero attached hydrogens (tertiary/aromatic N) is 2. The van der Waals surface area contributed by atoms with Crippen LogP contribution in [0.15, 0.2) is 11.6 Å². The summed E-state index contributed by atoms with van der Waals surface area (Å²) in [5.74, 6) is 0.0341. The second-order valence-corrected chi connectivity index (χ2v) is 6.10. The van der Waals surface area contributed by atoms with E-state index in [9.17, 15) is 9.59 Å². The number of thiazole rings is 1. The lowest BCUT2D eigenvalue weighted by atomic mass is 10.1. The van der Waals surface area contributed by atoms with E-state index in [1.807, 2.05) is 5.38 Å². The van der Waals surface area contributed by atoms with Gasteiger partial charge in [0.2, 0.25) is 11.8 Å². The lowest BCUT2D eigenvalue weighted by Crippen LogP contribution is -2.46. The smallest absolute Gasteiger partial charge is 0.248 e. The summed E-state index contributed by atoms with van der Waals surface area (Å²) in [6.07, 6.45) is 4.16. The fourth-order valence-electron chi connectivity index (χ4n) is 2.88. The molecule has 22 heavy (non-hydrogen) atoms. The Morgan fingerprint density at radius 2 is 2.18 bits per heavy atom. The van der Waals surface area contributed by atoms with E-state index in [0.29, 0.717) is 11.7 Å². The Morgan fingerprint density at radius 1 is 1.36 bits per heavy atom. The Labute approximate surface area is 145 Å². The number of likely N-dealkylation sites (tertiary alicyclic amines) is 1. The first-order valence-corrected chi connectivity index (χ1v) is 7.85. The first-order chi connectivity index (χ1) is 9.75. The Kier molecular flexibility index (Phi) is 7.55. The van der Waals surface area contributed by atoms with Crippen molar-refractivity contribution in [2.24, 2.45) is 5.92 Å². The van der Waals surface area contributed by atoms with E-state index in [1.54, 1.807) is 11.1 Å². The minimum absolute atomic E-state index is 0. The molecule has 2 amide bonds. The van der Waals surface area contributed by atoms with Gasteiger partial charge in [0, 0.05) is 24.7 Å². The van der Waals surface area contributed by atoms with Gasteiger partial charge in [0.25, 0.3) is 0 Å². The van der Waals surface area contributed by atoms with E-state index in [0.717, 1.165) is 32.4 Å². The van der Waals surface area contributed by atoms with Crippen molar-refractivity contribution in [1.82, 2.24) is 15.2 Å². The van der Waals surface area contributed by atoms with Gasteiger partial charge in [-0.15, -0.1) is 36.2 Å². The van der Waals surface area contributed by atoms with Gasteiger partial charge in [-0.2, -0.15) is 0 Å². The van der Waals surface area contributed by atoms with Gasteiger partial charge in [0.1, 0.15) is 6.04 Å². The second kappa shape index (κ2) is 8.67. The van der Waals surface area contributed by atoms with Crippen LogP contribution in [0.3, 0.4) is 0 Å². The van der Waals surface area contributed by atoms with Gasteiger partial charge in [-0.3, -0.25) is 9.59 Å². The molecule has 3 heterocycles. The van der Waals surface area contributed by atoms with Gasteiger partial charge in [0.05, 0.1) is 5.92 Å². The molecular weight excluding hydrogens is 347 g/mol. The summed E-state index contributed by atoms with van der Waals surface area (Å²) in [6.45, 7) is 2.31. The highest BCUT2D eigenvalue weighted by molar-refractivity contribution is 7.13. The fourth-order valence-corrected chi connectivity index (χ4v) is 3.41. The van der Waals surface area contributed by atoms with Crippen LogP contribution in [0.2, 0.25) is 0 Å². The zero-order valence-electron chi connectivity index (χ0n) is 12.0. The molecule has 1 aromatic rings. The summed E-state index contributed by atoms with van der Waals surface area (Å²) in [5.41, 5.74) is 0. The quantitative estimate of drug-likeness (QED) is 0.850. The van der Waals surface area contributed by atoms with Crippen molar-refractivity contribution in [2.75, 3.05) is 25.0 Å². The molecule has 124 valence electrons. The van der Waals surface area contributed by atoms with Crippen molar-refractivity contribution in [3.63, 3.8) is 0 Å². The zero-order valence-corrected chi connectivity index (χ0v) is 14.4. The van der Waals surface area contributed by atoms with Crippen LogP contribution in [0.4, 0.5) is 5.13 Å². The van der Waals surface area contributed by atoms with Crippen LogP contribution in [-0.4, -0.2) is 47.4 Å². The topological polar surface area (TPSA) is 74.3 Å². The maximum atomic E-state index is 12.5. The Bertz CT molecular complexity index is 494. The highest BCUT2D eigenvalue weighted by atomic mass is 35.5. The predicted octanol–water partition coefficient (Wildman–Crippen LogP) is 1.53.